The van der Waals surface area contributed by atoms with Crippen LogP contribution in [0.3, 0.4) is 0 Å². The van der Waals surface area contributed by atoms with Crippen molar-refractivity contribution in [3.8, 4) is 11.1 Å². The van der Waals surface area contributed by atoms with Crippen LogP contribution in [0.4, 0.5) is 5.69 Å². The predicted octanol–water partition coefficient (Wildman–Crippen LogP) is 4.55. The zero-order valence-electron chi connectivity index (χ0n) is 12.3. The van der Waals surface area contributed by atoms with E-state index >= 15 is 0 Å². The maximum atomic E-state index is 12.4. The molecule has 0 saturated heterocycles. The average Bonchev–Trinajstić information content (AvgIpc) is 3.11. The molecule has 1 heterocycles. The first-order valence-corrected chi connectivity index (χ1v) is 7.39. The Morgan fingerprint density at radius 1 is 1.04 bits per heavy atom. The fourth-order valence-corrected chi connectivity index (χ4v) is 2.44. The van der Waals surface area contributed by atoms with Crippen LogP contribution in [0, 0.1) is 0 Å². The average molecular weight is 342 g/mol. The number of hydrogen-bond donors (Lipinski definition) is 2. The van der Waals surface area contributed by atoms with Crippen molar-refractivity contribution in [1.82, 2.24) is 0 Å². The van der Waals surface area contributed by atoms with E-state index in [9.17, 15) is 14.7 Å². The monoisotopic (exact) mass is 341 g/mol. The molecule has 3 rings (SSSR count). The highest BCUT2D eigenvalue weighted by Gasteiger charge is 2.14. The van der Waals surface area contributed by atoms with Crippen LogP contribution in [-0.4, -0.2) is 17.0 Å². The lowest BCUT2D eigenvalue weighted by atomic mass is 10.1. The number of halogens is 1. The van der Waals surface area contributed by atoms with Crippen LogP contribution in [0.25, 0.3) is 11.1 Å². The lowest BCUT2D eigenvalue weighted by molar-refractivity contribution is 0.0698. The molecule has 24 heavy (non-hydrogen) atoms. The van der Waals surface area contributed by atoms with E-state index < -0.39 is 11.9 Å². The number of carboxylic acid groups (broad SMARTS) is 1. The maximum absolute atomic E-state index is 12.4. The van der Waals surface area contributed by atoms with Crippen LogP contribution in [0.5, 0.6) is 0 Å². The Kier molecular flexibility index (Phi) is 4.35. The first-order chi connectivity index (χ1) is 11.5. The molecule has 0 radical (unpaired) electrons. The van der Waals surface area contributed by atoms with E-state index in [1.807, 2.05) is 6.07 Å². The Morgan fingerprint density at radius 3 is 2.58 bits per heavy atom. The Labute approximate surface area is 142 Å². The van der Waals surface area contributed by atoms with E-state index in [1.54, 1.807) is 36.8 Å². The van der Waals surface area contributed by atoms with Crippen molar-refractivity contribution in [2.75, 3.05) is 5.32 Å². The van der Waals surface area contributed by atoms with Gasteiger partial charge in [0.2, 0.25) is 0 Å². The zero-order valence-corrected chi connectivity index (χ0v) is 13.1. The van der Waals surface area contributed by atoms with Gasteiger partial charge in [0.1, 0.15) is 0 Å². The Balaban J connectivity index is 1.89. The third-order valence-corrected chi connectivity index (χ3v) is 3.67. The number of furan rings is 1. The van der Waals surface area contributed by atoms with Gasteiger partial charge in [0.05, 0.1) is 23.8 Å². The van der Waals surface area contributed by atoms with E-state index in [0.717, 1.165) is 11.1 Å². The van der Waals surface area contributed by atoms with Gasteiger partial charge in [-0.2, -0.15) is 0 Å². The molecule has 0 saturated carbocycles. The van der Waals surface area contributed by atoms with Gasteiger partial charge in [-0.1, -0.05) is 23.7 Å². The lowest BCUT2D eigenvalue weighted by Gasteiger charge is -2.09. The molecule has 1 amide bonds. The quantitative estimate of drug-likeness (QED) is 0.729. The van der Waals surface area contributed by atoms with Gasteiger partial charge in [-0.15, -0.1) is 0 Å². The second-order valence-corrected chi connectivity index (χ2v) is 5.48. The molecule has 0 unspecified atom stereocenters. The molecule has 0 fully saturated rings. The van der Waals surface area contributed by atoms with Crippen molar-refractivity contribution in [2.24, 2.45) is 0 Å². The number of anilines is 1. The molecule has 2 N–H and O–H groups in total. The lowest BCUT2D eigenvalue weighted by Crippen LogP contribution is -2.14. The number of nitrogens with one attached hydrogen (secondary N) is 1. The maximum Gasteiger partial charge on any atom is 0.337 e. The highest BCUT2D eigenvalue weighted by Crippen LogP contribution is 2.23. The smallest absolute Gasteiger partial charge is 0.337 e. The Hall–Kier alpha value is -3.05. The van der Waals surface area contributed by atoms with Crippen molar-refractivity contribution in [1.29, 1.82) is 0 Å². The SMILES string of the molecule is O=C(Nc1ccc(Cl)cc1C(=O)O)c1cccc(-c2ccoc2)c1. The van der Waals surface area contributed by atoms with Gasteiger partial charge in [0, 0.05) is 16.1 Å². The number of carbonyl (C=O) groups is 2. The normalized spacial score (nSPS) is 10.4. The fourth-order valence-electron chi connectivity index (χ4n) is 2.27. The van der Waals surface area contributed by atoms with Crippen molar-refractivity contribution >= 4 is 29.2 Å². The van der Waals surface area contributed by atoms with E-state index in [4.69, 9.17) is 16.0 Å². The molecule has 3 aromatic rings. The largest absolute Gasteiger partial charge is 0.478 e. The molecule has 0 bridgehead atoms. The molecule has 5 nitrogen and oxygen atoms in total. The zero-order chi connectivity index (χ0) is 17.1. The first-order valence-electron chi connectivity index (χ1n) is 7.01. The summed E-state index contributed by atoms with van der Waals surface area (Å²) < 4.78 is 5.04. The summed E-state index contributed by atoms with van der Waals surface area (Å²) in [5.74, 6) is -1.58. The third-order valence-electron chi connectivity index (χ3n) is 3.44. The summed E-state index contributed by atoms with van der Waals surface area (Å²) in [5, 5.41) is 12.1. The molecule has 0 aliphatic heterocycles. The van der Waals surface area contributed by atoms with Gasteiger partial charge in [-0.05, 0) is 42.0 Å². The molecule has 120 valence electrons. The topological polar surface area (TPSA) is 79.5 Å². The summed E-state index contributed by atoms with van der Waals surface area (Å²) in [6, 6.07) is 13.0. The third kappa shape index (κ3) is 3.31. The van der Waals surface area contributed by atoms with Crippen molar-refractivity contribution in [3.63, 3.8) is 0 Å². The van der Waals surface area contributed by atoms with Crippen LogP contribution in [0.2, 0.25) is 5.02 Å². The van der Waals surface area contributed by atoms with E-state index in [1.165, 1.54) is 18.2 Å². The Morgan fingerprint density at radius 2 is 1.88 bits per heavy atom. The van der Waals surface area contributed by atoms with Gasteiger partial charge < -0.3 is 14.8 Å². The summed E-state index contributed by atoms with van der Waals surface area (Å²) in [6.07, 6.45) is 3.13. The molecular weight excluding hydrogens is 330 g/mol. The number of hydrogen-bond acceptors (Lipinski definition) is 3. The molecule has 2 aromatic carbocycles. The van der Waals surface area contributed by atoms with Gasteiger partial charge in [-0.25, -0.2) is 4.79 Å². The number of rotatable bonds is 4. The highest BCUT2D eigenvalue weighted by molar-refractivity contribution is 6.31. The molecule has 0 aliphatic rings. The van der Waals surface area contributed by atoms with Crippen molar-refractivity contribution in [3.05, 3.63) is 77.2 Å². The van der Waals surface area contributed by atoms with Crippen LogP contribution in [-0.2, 0) is 0 Å². The Bertz CT molecular complexity index is 903. The summed E-state index contributed by atoms with van der Waals surface area (Å²) in [7, 11) is 0. The standard InChI is InChI=1S/C18H12ClNO4/c19-14-4-5-16(15(9-14)18(22)23)20-17(21)12-3-1-2-11(8-12)13-6-7-24-10-13/h1-10H,(H,20,21)(H,22,23). The minimum atomic E-state index is -1.17. The number of carboxylic acids is 1. The van der Waals surface area contributed by atoms with Crippen LogP contribution >= 0.6 is 11.6 Å². The molecule has 6 heteroatoms. The van der Waals surface area contributed by atoms with Gasteiger partial charge in [0.25, 0.3) is 5.91 Å². The molecule has 0 atom stereocenters. The van der Waals surface area contributed by atoms with E-state index in [-0.39, 0.29) is 16.3 Å². The number of carbonyl (C=O) groups excluding carboxylic acids is 1. The first kappa shape index (κ1) is 15.8. The second kappa shape index (κ2) is 6.60. The van der Waals surface area contributed by atoms with Crippen LogP contribution < -0.4 is 5.32 Å². The number of aromatic carboxylic acids is 1. The highest BCUT2D eigenvalue weighted by atomic mass is 35.5. The van der Waals surface area contributed by atoms with Gasteiger partial charge in [-0.3, -0.25) is 4.79 Å². The van der Waals surface area contributed by atoms with Crippen molar-refractivity contribution < 1.29 is 19.1 Å². The molecule has 1 aromatic heterocycles. The van der Waals surface area contributed by atoms with Crippen LogP contribution in [0.1, 0.15) is 20.7 Å². The van der Waals surface area contributed by atoms with E-state index in [2.05, 4.69) is 5.32 Å². The van der Waals surface area contributed by atoms with Crippen molar-refractivity contribution in [2.45, 2.75) is 0 Å². The predicted molar refractivity (Wildman–Crippen MR) is 90.5 cm³/mol. The second-order valence-electron chi connectivity index (χ2n) is 5.04. The van der Waals surface area contributed by atoms with Crippen LogP contribution in [0.15, 0.2) is 65.5 Å². The minimum Gasteiger partial charge on any atom is -0.478 e. The summed E-state index contributed by atoms with van der Waals surface area (Å²) in [6.45, 7) is 0. The molecule has 0 spiro atoms. The summed E-state index contributed by atoms with van der Waals surface area (Å²) in [4.78, 5) is 23.7. The summed E-state index contributed by atoms with van der Waals surface area (Å²) >= 11 is 5.81. The molecule has 0 aliphatic carbocycles. The summed E-state index contributed by atoms with van der Waals surface area (Å²) in [5.41, 5.74) is 2.20. The van der Waals surface area contributed by atoms with E-state index in [0.29, 0.717) is 5.56 Å². The van der Waals surface area contributed by atoms with Gasteiger partial charge in [0.15, 0.2) is 0 Å². The number of amides is 1. The fraction of sp³-hybridized carbons (Fsp3) is 0. The minimum absolute atomic E-state index is 0.0677. The number of benzene rings is 2. The molecular formula is C18H12ClNO4. The van der Waals surface area contributed by atoms with Gasteiger partial charge >= 0.3 is 5.97 Å².